The number of nitrogens with zero attached hydrogens (tertiary/aromatic N) is 3. The molecule has 114 valence electrons. The molecule has 0 aliphatic carbocycles. The van der Waals surface area contributed by atoms with Crippen LogP contribution in [0.3, 0.4) is 0 Å². The molecule has 1 aromatic heterocycles. The van der Waals surface area contributed by atoms with Gasteiger partial charge in [-0.25, -0.2) is 4.98 Å². The standard InChI is InChI=1S/C14H17Cl2N3O2/c1-7(2)19-10(6-18(3)4)17-12-11(14(19)21)8(15)5-9(16)13(12)20/h5,7,20H,6H2,1-4H3. The van der Waals surface area contributed by atoms with Crippen molar-refractivity contribution in [1.29, 1.82) is 0 Å². The third-order valence-electron chi connectivity index (χ3n) is 3.11. The van der Waals surface area contributed by atoms with Crippen LogP contribution in [0, 0.1) is 0 Å². The third kappa shape index (κ3) is 2.86. The van der Waals surface area contributed by atoms with Crippen molar-refractivity contribution in [1.82, 2.24) is 14.5 Å². The first-order valence-electron chi connectivity index (χ1n) is 6.50. The van der Waals surface area contributed by atoms with E-state index in [1.807, 2.05) is 32.8 Å². The summed E-state index contributed by atoms with van der Waals surface area (Å²) in [5.74, 6) is 0.338. The van der Waals surface area contributed by atoms with Gasteiger partial charge in [0.15, 0.2) is 5.75 Å². The number of phenolic OH excluding ortho intramolecular Hbond substituents is 1. The van der Waals surface area contributed by atoms with Gasteiger partial charge in [0.05, 0.1) is 22.0 Å². The molecule has 1 aromatic carbocycles. The van der Waals surface area contributed by atoms with Gasteiger partial charge in [0.25, 0.3) is 5.56 Å². The monoisotopic (exact) mass is 329 g/mol. The SMILES string of the molecule is CC(C)n1c(CN(C)C)nc2c(O)c(Cl)cc(Cl)c2c1=O. The summed E-state index contributed by atoms with van der Waals surface area (Å²) >= 11 is 12.0. The summed E-state index contributed by atoms with van der Waals surface area (Å²) in [7, 11) is 3.76. The van der Waals surface area contributed by atoms with E-state index in [1.165, 1.54) is 6.07 Å². The molecule has 21 heavy (non-hydrogen) atoms. The zero-order valence-corrected chi connectivity index (χ0v) is 13.8. The van der Waals surface area contributed by atoms with E-state index in [2.05, 4.69) is 4.98 Å². The highest BCUT2D eigenvalue weighted by atomic mass is 35.5. The Labute approximate surface area is 132 Å². The van der Waals surface area contributed by atoms with Gasteiger partial charge in [-0.2, -0.15) is 0 Å². The van der Waals surface area contributed by atoms with E-state index in [0.717, 1.165) is 0 Å². The maximum absolute atomic E-state index is 12.7. The Hall–Kier alpha value is -1.30. The van der Waals surface area contributed by atoms with Crippen LogP contribution >= 0.6 is 23.2 Å². The molecule has 7 heteroatoms. The highest BCUT2D eigenvalue weighted by Crippen LogP contribution is 2.35. The fourth-order valence-electron chi connectivity index (χ4n) is 2.26. The molecule has 5 nitrogen and oxygen atoms in total. The molecule has 0 spiro atoms. The Morgan fingerprint density at radius 1 is 1.33 bits per heavy atom. The maximum Gasteiger partial charge on any atom is 0.263 e. The van der Waals surface area contributed by atoms with Gasteiger partial charge >= 0.3 is 0 Å². The molecule has 1 heterocycles. The average molecular weight is 330 g/mol. The van der Waals surface area contributed by atoms with Gasteiger partial charge in [0.1, 0.15) is 11.3 Å². The number of aromatic nitrogens is 2. The molecule has 0 aliphatic rings. The second-order valence-electron chi connectivity index (χ2n) is 5.45. The van der Waals surface area contributed by atoms with E-state index in [0.29, 0.717) is 12.4 Å². The van der Waals surface area contributed by atoms with Crippen LogP contribution in [0.25, 0.3) is 10.9 Å². The molecule has 2 rings (SSSR count). The summed E-state index contributed by atoms with van der Waals surface area (Å²) in [5, 5.41) is 10.5. The molecule has 0 radical (unpaired) electrons. The highest BCUT2D eigenvalue weighted by Gasteiger charge is 2.20. The van der Waals surface area contributed by atoms with Crippen LogP contribution in [0.15, 0.2) is 10.9 Å². The molecule has 0 aliphatic heterocycles. The number of aromatic hydroxyl groups is 1. The van der Waals surface area contributed by atoms with Crippen LogP contribution in [-0.2, 0) is 6.54 Å². The largest absolute Gasteiger partial charge is 0.504 e. The van der Waals surface area contributed by atoms with Crippen LogP contribution in [0.4, 0.5) is 0 Å². The summed E-state index contributed by atoms with van der Waals surface area (Å²) in [6, 6.07) is 1.29. The molecule has 0 bridgehead atoms. The minimum absolute atomic E-state index is 0.0711. The number of benzene rings is 1. The smallest absolute Gasteiger partial charge is 0.263 e. The lowest BCUT2D eigenvalue weighted by Crippen LogP contribution is -2.29. The average Bonchev–Trinajstić information content (AvgIpc) is 2.34. The number of hydrogen-bond donors (Lipinski definition) is 1. The van der Waals surface area contributed by atoms with E-state index in [-0.39, 0.29) is 38.3 Å². The molecular formula is C14H17Cl2N3O2. The van der Waals surface area contributed by atoms with Crippen LogP contribution in [0.2, 0.25) is 10.0 Å². The first-order valence-corrected chi connectivity index (χ1v) is 7.26. The van der Waals surface area contributed by atoms with E-state index in [1.54, 1.807) is 4.57 Å². The molecule has 2 aromatic rings. The minimum atomic E-state index is -0.274. The summed E-state index contributed by atoms with van der Waals surface area (Å²) in [5.41, 5.74) is -0.130. The Bertz CT molecular complexity index is 754. The zero-order chi connectivity index (χ0) is 15.9. The van der Waals surface area contributed by atoms with E-state index in [4.69, 9.17) is 23.2 Å². The fraction of sp³-hybridized carbons (Fsp3) is 0.429. The van der Waals surface area contributed by atoms with E-state index in [9.17, 15) is 9.90 Å². The topological polar surface area (TPSA) is 58.4 Å². The van der Waals surface area contributed by atoms with Crippen molar-refractivity contribution in [3.8, 4) is 5.75 Å². The lowest BCUT2D eigenvalue weighted by atomic mass is 10.2. The maximum atomic E-state index is 12.7. The van der Waals surface area contributed by atoms with Gasteiger partial charge in [-0.3, -0.25) is 9.36 Å². The van der Waals surface area contributed by atoms with Crippen LogP contribution < -0.4 is 5.56 Å². The number of fused-ring (bicyclic) bond motifs is 1. The third-order valence-corrected chi connectivity index (χ3v) is 3.69. The van der Waals surface area contributed by atoms with Crippen LogP contribution in [0.5, 0.6) is 5.75 Å². The van der Waals surface area contributed by atoms with Crippen LogP contribution in [0.1, 0.15) is 25.7 Å². The number of hydrogen-bond acceptors (Lipinski definition) is 4. The van der Waals surface area contributed by atoms with Crippen molar-refractivity contribution in [2.24, 2.45) is 0 Å². The van der Waals surface area contributed by atoms with E-state index >= 15 is 0 Å². The van der Waals surface area contributed by atoms with Crippen molar-refractivity contribution < 1.29 is 5.11 Å². The fourth-order valence-corrected chi connectivity index (χ4v) is 2.79. The summed E-state index contributed by atoms with van der Waals surface area (Å²) in [4.78, 5) is 19.0. The lowest BCUT2D eigenvalue weighted by Gasteiger charge is -2.19. The van der Waals surface area contributed by atoms with Gasteiger partial charge in [0.2, 0.25) is 0 Å². The molecule has 0 saturated carbocycles. The summed E-state index contributed by atoms with van der Waals surface area (Å²) in [6.45, 7) is 4.27. The molecule has 0 amide bonds. The number of phenols is 1. The molecule has 0 saturated heterocycles. The highest BCUT2D eigenvalue weighted by molar-refractivity contribution is 6.39. The number of halogens is 2. The Morgan fingerprint density at radius 3 is 2.48 bits per heavy atom. The lowest BCUT2D eigenvalue weighted by molar-refractivity contribution is 0.369. The van der Waals surface area contributed by atoms with Crippen molar-refractivity contribution in [2.45, 2.75) is 26.4 Å². The van der Waals surface area contributed by atoms with E-state index < -0.39 is 0 Å². The first kappa shape index (κ1) is 16.1. The van der Waals surface area contributed by atoms with Crippen molar-refractivity contribution in [2.75, 3.05) is 14.1 Å². The van der Waals surface area contributed by atoms with Gasteiger partial charge in [-0.05, 0) is 34.0 Å². The molecule has 0 atom stereocenters. The second kappa shape index (κ2) is 5.83. The second-order valence-corrected chi connectivity index (χ2v) is 6.26. The van der Waals surface area contributed by atoms with Crippen molar-refractivity contribution in [3.05, 3.63) is 32.3 Å². The van der Waals surface area contributed by atoms with Crippen molar-refractivity contribution in [3.63, 3.8) is 0 Å². The molecular weight excluding hydrogens is 313 g/mol. The Kier molecular flexibility index (Phi) is 4.46. The summed E-state index contributed by atoms with van der Waals surface area (Å²) < 4.78 is 1.58. The zero-order valence-electron chi connectivity index (χ0n) is 12.3. The predicted octanol–water partition coefficient (Wildman–Crippen LogP) is 3.05. The minimum Gasteiger partial charge on any atom is -0.504 e. The first-order chi connectivity index (χ1) is 9.73. The normalized spacial score (nSPS) is 11.8. The molecule has 0 fully saturated rings. The quantitative estimate of drug-likeness (QED) is 0.940. The van der Waals surface area contributed by atoms with Gasteiger partial charge in [-0.1, -0.05) is 23.2 Å². The van der Waals surface area contributed by atoms with Gasteiger partial charge in [-0.15, -0.1) is 0 Å². The molecule has 1 N–H and O–H groups in total. The predicted molar refractivity (Wildman–Crippen MR) is 85.5 cm³/mol. The Morgan fingerprint density at radius 2 is 1.95 bits per heavy atom. The molecule has 0 unspecified atom stereocenters. The van der Waals surface area contributed by atoms with Gasteiger partial charge in [0, 0.05) is 6.04 Å². The number of rotatable bonds is 3. The van der Waals surface area contributed by atoms with Gasteiger partial charge < -0.3 is 10.0 Å². The Balaban J connectivity index is 2.94. The summed E-state index contributed by atoms with van der Waals surface area (Å²) in [6.07, 6.45) is 0. The van der Waals surface area contributed by atoms with Crippen molar-refractivity contribution >= 4 is 34.1 Å². The van der Waals surface area contributed by atoms with Crippen LogP contribution in [-0.4, -0.2) is 33.7 Å².